The predicted molar refractivity (Wildman–Crippen MR) is 101 cm³/mol. The minimum absolute atomic E-state index is 0.396. The molecule has 2 aliphatic carbocycles. The third-order valence-corrected chi connectivity index (χ3v) is 5.43. The SMILES string of the molecule is COCCN(CCOC)C1CCC2=C=C(c3nnc(C)s3)C=CC=C21. The maximum absolute atomic E-state index is 5.29. The zero-order chi connectivity index (χ0) is 17.6. The van der Waals surface area contributed by atoms with Crippen LogP contribution in [0, 0.1) is 6.92 Å². The Labute approximate surface area is 153 Å². The molecule has 1 aromatic heterocycles. The Bertz CT molecular complexity index is 721. The van der Waals surface area contributed by atoms with Crippen molar-refractivity contribution in [2.24, 2.45) is 0 Å². The fourth-order valence-electron chi connectivity index (χ4n) is 3.33. The maximum Gasteiger partial charge on any atom is 0.155 e. The normalized spacial score (nSPS) is 19.5. The van der Waals surface area contributed by atoms with Gasteiger partial charge in [-0.05, 0) is 37.0 Å². The number of nitrogens with zero attached hydrogens (tertiary/aromatic N) is 3. The van der Waals surface area contributed by atoms with Gasteiger partial charge < -0.3 is 9.47 Å². The van der Waals surface area contributed by atoms with Gasteiger partial charge in [-0.2, -0.15) is 0 Å². The van der Waals surface area contributed by atoms with Crippen LogP contribution in [0.15, 0.2) is 35.1 Å². The predicted octanol–water partition coefficient (Wildman–Crippen LogP) is 3.01. The molecule has 0 amide bonds. The molecule has 6 heteroatoms. The number of rotatable bonds is 8. The summed E-state index contributed by atoms with van der Waals surface area (Å²) in [5.41, 5.74) is 7.29. The lowest BCUT2D eigenvalue weighted by Crippen LogP contribution is -2.39. The second kappa shape index (κ2) is 8.70. The molecular formula is C19H25N3O2S. The Kier molecular flexibility index (Phi) is 6.34. The summed E-state index contributed by atoms with van der Waals surface area (Å²) in [4.78, 5) is 2.46. The highest BCUT2D eigenvalue weighted by molar-refractivity contribution is 7.12. The third kappa shape index (κ3) is 4.35. The first-order valence-electron chi connectivity index (χ1n) is 8.63. The number of aryl methyl sites for hydroxylation is 1. The van der Waals surface area contributed by atoms with Crippen molar-refractivity contribution in [3.8, 4) is 0 Å². The van der Waals surface area contributed by atoms with Crippen LogP contribution >= 0.6 is 11.3 Å². The van der Waals surface area contributed by atoms with Crippen molar-refractivity contribution in [2.45, 2.75) is 25.8 Å². The van der Waals surface area contributed by atoms with Crippen LogP contribution in [-0.4, -0.2) is 61.7 Å². The van der Waals surface area contributed by atoms with E-state index in [0.29, 0.717) is 6.04 Å². The molecule has 0 saturated heterocycles. The molecule has 0 spiro atoms. The lowest BCUT2D eigenvalue weighted by molar-refractivity contribution is 0.0978. The zero-order valence-electron chi connectivity index (χ0n) is 15.1. The summed E-state index contributed by atoms with van der Waals surface area (Å²) in [7, 11) is 3.50. The van der Waals surface area contributed by atoms with Gasteiger partial charge in [0.25, 0.3) is 0 Å². The molecule has 1 atom stereocenters. The molecule has 0 radical (unpaired) electrons. The first-order chi connectivity index (χ1) is 12.2. The highest BCUT2D eigenvalue weighted by Gasteiger charge is 2.30. The Hall–Kier alpha value is -1.56. The lowest BCUT2D eigenvalue weighted by Gasteiger charge is -2.29. The smallest absolute Gasteiger partial charge is 0.155 e. The number of ether oxygens (including phenoxy) is 2. The number of allylic oxidation sites excluding steroid dienone is 3. The van der Waals surface area contributed by atoms with Crippen LogP contribution in [0.1, 0.15) is 22.9 Å². The average Bonchev–Trinajstić information content (AvgIpc) is 3.15. The molecule has 1 saturated carbocycles. The minimum atomic E-state index is 0.396. The summed E-state index contributed by atoms with van der Waals surface area (Å²) in [6.45, 7) is 5.26. The van der Waals surface area contributed by atoms with E-state index in [9.17, 15) is 0 Å². The van der Waals surface area contributed by atoms with E-state index >= 15 is 0 Å². The summed E-state index contributed by atoms with van der Waals surface area (Å²) in [6, 6.07) is 0.396. The van der Waals surface area contributed by atoms with Crippen molar-refractivity contribution < 1.29 is 9.47 Å². The first-order valence-corrected chi connectivity index (χ1v) is 9.45. The summed E-state index contributed by atoms with van der Waals surface area (Å²) in [5.74, 6) is 0. The summed E-state index contributed by atoms with van der Waals surface area (Å²) in [5, 5.41) is 10.3. The van der Waals surface area contributed by atoms with Gasteiger partial charge in [0, 0.05) is 33.4 Å². The van der Waals surface area contributed by atoms with Crippen LogP contribution in [0.3, 0.4) is 0 Å². The Morgan fingerprint density at radius 3 is 2.64 bits per heavy atom. The average molecular weight is 359 g/mol. The second-order valence-electron chi connectivity index (χ2n) is 6.20. The second-order valence-corrected chi connectivity index (χ2v) is 7.38. The van der Waals surface area contributed by atoms with Crippen LogP contribution in [0.2, 0.25) is 0 Å². The molecule has 2 aliphatic rings. The molecule has 1 fully saturated rings. The maximum atomic E-state index is 5.29. The van der Waals surface area contributed by atoms with Gasteiger partial charge in [-0.1, -0.05) is 23.5 Å². The highest BCUT2D eigenvalue weighted by Crippen LogP contribution is 2.36. The summed E-state index contributed by atoms with van der Waals surface area (Å²) >= 11 is 1.61. The number of methoxy groups -OCH3 is 2. The van der Waals surface area contributed by atoms with E-state index in [0.717, 1.165) is 54.7 Å². The van der Waals surface area contributed by atoms with Crippen molar-refractivity contribution >= 4 is 16.9 Å². The Morgan fingerprint density at radius 2 is 2.00 bits per heavy atom. The van der Waals surface area contributed by atoms with Crippen molar-refractivity contribution in [3.63, 3.8) is 0 Å². The fraction of sp³-hybridized carbons (Fsp3) is 0.526. The van der Waals surface area contributed by atoms with E-state index in [-0.39, 0.29) is 0 Å². The van der Waals surface area contributed by atoms with E-state index in [1.165, 1.54) is 11.1 Å². The monoisotopic (exact) mass is 359 g/mol. The Morgan fingerprint density at radius 1 is 1.24 bits per heavy atom. The van der Waals surface area contributed by atoms with Crippen LogP contribution in [0.25, 0.3) is 5.57 Å². The molecule has 0 N–H and O–H groups in total. The fourth-order valence-corrected chi connectivity index (χ4v) is 4.00. The summed E-state index contributed by atoms with van der Waals surface area (Å²) in [6.07, 6.45) is 8.58. The van der Waals surface area contributed by atoms with Gasteiger partial charge in [0.05, 0.1) is 18.8 Å². The van der Waals surface area contributed by atoms with Crippen molar-refractivity contribution in [1.29, 1.82) is 0 Å². The van der Waals surface area contributed by atoms with Crippen LogP contribution in [0.5, 0.6) is 0 Å². The molecule has 0 bridgehead atoms. The van der Waals surface area contributed by atoms with Gasteiger partial charge in [-0.3, -0.25) is 4.90 Å². The van der Waals surface area contributed by atoms with Gasteiger partial charge in [0.2, 0.25) is 0 Å². The first kappa shape index (κ1) is 18.2. The van der Waals surface area contributed by atoms with E-state index in [4.69, 9.17) is 9.47 Å². The molecule has 25 heavy (non-hydrogen) atoms. The van der Waals surface area contributed by atoms with Crippen LogP contribution < -0.4 is 0 Å². The molecule has 134 valence electrons. The molecular weight excluding hydrogens is 334 g/mol. The number of hydrogen-bond donors (Lipinski definition) is 0. The number of hydrogen-bond acceptors (Lipinski definition) is 6. The van der Waals surface area contributed by atoms with E-state index in [2.05, 4.69) is 39.1 Å². The zero-order valence-corrected chi connectivity index (χ0v) is 15.9. The largest absolute Gasteiger partial charge is 0.383 e. The number of fused-ring (bicyclic) bond motifs is 1. The number of aromatic nitrogens is 2. The highest BCUT2D eigenvalue weighted by atomic mass is 32.1. The van der Waals surface area contributed by atoms with Crippen molar-refractivity contribution in [3.05, 3.63) is 45.1 Å². The quantitative estimate of drug-likeness (QED) is 0.668. The lowest BCUT2D eigenvalue weighted by atomic mass is 10.1. The molecule has 1 heterocycles. The molecule has 1 aromatic rings. The standard InChI is InChI=1S/C19H25N3O2S/c1-14-20-21-19(25-14)16-5-4-6-17-15(13-16)7-8-18(17)22(9-11-23-2)10-12-24-3/h4-6,18H,7-12H2,1-3H3. The molecule has 5 nitrogen and oxygen atoms in total. The summed E-state index contributed by atoms with van der Waals surface area (Å²) < 4.78 is 10.6. The molecule has 0 aromatic carbocycles. The molecule has 0 aliphatic heterocycles. The van der Waals surface area contributed by atoms with Crippen LogP contribution in [-0.2, 0) is 9.47 Å². The van der Waals surface area contributed by atoms with E-state index in [1.807, 2.05) is 6.92 Å². The van der Waals surface area contributed by atoms with E-state index in [1.54, 1.807) is 25.6 Å². The topological polar surface area (TPSA) is 47.5 Å². The minimum Gasteiger partial charge on any atom is -0.383 e. The van der Waals surface area contributed by atoms with Crippen molar-refractivity contribution in [1.82, 2.24) is 15.1 Å². The van der Waals surface area contributed by atoms with Gasteiger partial charge in [0.15, 0.2) is 5.01 Å². The van der Waals surface area contributed by atoms with Gasteiger partial charge in [0.1, 0.15) is 5.01 Å². The van der Waals surface area contributed by atoms with Gasteiger partial charge >= 0.3 is 0 Å². The third-order valence-electron chi connectivity index (χ3n) is 4.56. The molecule has 3 rings (SSSR count). The van der Waals surface area contributed by atoms with E-state index < -0.39 is 0 Å². The van der Waals surface area contributed by atoms with Crippen LogP contribution in [0.4, 0.5) is 0 Å². The van der Waals surface area contributed by atoms with Crippen molar-refractivity contribution in [2.75, 3.05) is 40.5 Å². The Balaban J connectivity index is 1.85. The molecule has 1 unspecified atom stereocenters. The van der Waals surface area contributed by atoms with Gasteiger partial charge in [-0.25, -0.2) is 0 Å². The van der Waals surface area contributed by atoms with Gasteiger partial charge in [-0.15, -0.1) is 15.9 Å².